The molecular formula is C30H37N3O6S. The van der Waals surface area contributed by atoms with Gasteiger partial charge in [0.25, 0.3) is 10.0 Å². The molecule has 0 unspecified atom stereocenters. The Labute approximate surface area is 236 Å². The Morgan fingerprint density at radius 3 is 1.85 bits per heavy atom. The summed E-state index contributed by atoms with van der Waals surface area (Å²) in [6.45, 7) is 6.74. The SMILES string of the molecule is COc1ccc(CN(C(=O)CN(c2ccc(OC)cc2)S(=O)(=O)c2ccc(C)cc2)[C@@H](C)C(=O)NC(C)C)cc1. The number of hydrogen-bond acceptors (Lipinski definition) is 6. The minimum atomic E-state index is -4.14. The van der Waals surface area contributed by atoms with Crippen LogP contribution in [0.5, 0.6) is 11.5 Å². The van der Waals surface area contributed by atoms with E-state index in [1.165, 1.54) is 24.1 Å². The number of methoxy groups -OCH3 is 2. The van der Waals surface area contributed by atoms with E-state index in [1.807, 2.05) is 20.8 Å². The van der Waals surface area contributed by atoms with Crippen LogP contribution >= 0.6 is 0 Å². The number of carbonyl (C=O) groups is 2. The molecule has 10 heteroatoms. The van der Waals surface area contributed by atoms with E-state index in [9.17, 15) is 18.0 Å². The number of nitrogens with zero attached hydrogens (tertiary/aromatic N) is 2. The number of sulfonamides is 1. The molecule has 0 saturated heterocycles. The van der Waals surface area contributed by atoms with Crippen LogP contribution in [0.15, 0.2) is 77.7 Å². The molecule has 0 aliphatic heterocycles. The summed E-state index contributed by atoms with van der Waals surface area (Å²) < 4.78 is 39.3. The lowest BCUT2D eigenvalue weighted by molar-refractivity contribution is -0.139. The van der Waals surface area contributed by atoms with Crippen LogP contribution in [0.4, 0.5) is 5.69 Å². The Morgan fingerprint density at radius 2 is 1.35 bits per heavy atom. The molecule has 1 atom stereocenters. The lowest BCUT2D eigenvalue weighted by Crippen LogP contribution is -2.52. The summed E-state index contributed by atoms with van der Waals surface area (Å²) in [4.78, 5) is 28.4. The van der Waals surface area contributed by atoms with Gasteiger partial charge in [-0.15, -0.1) is 0 Å². The molecule has 0 aliphatic rings. The topological polar surface area (TPSA) is 105 Å². The number of carbonyl (C=O) groups excluding carboxylic acids is 2. The molecule has 0 bridgehead atoms. The van der Waals surface area contributed by atoms with E-state index >= 15 is 0 Å². The Hall–Kier alpha value is -4.05. The number of benzene rings is 3. The number of nitrogens with one attached hydrogen (secondary N) is 1. The quantitative estimate of drug-likeness (QED) is 0.353. The zero-order chi connectivity index (χ0) is 29.4. The molecule has 40 heavy (non-hydrogen) atoms. The van der Waals surface area contributed by atoms with Gasteiger partial charge in [-0.05, 0) is 81.8 Å². The maximum Gasteiger partial charge on any atom is 0.264 e. The highest BCUT2D eigenvalue weighted by molar-refractivity contribution is 7.92. The van der Waals surface area contributed by atoms with Gasteiger partial charge in [-0.1, -0.05) is 29.8 Å². The Bertz CT molecular complexity index is 1390. The average molecular weight is 568 g/mol. The van der Waals surface area contributed by atoms with Gasteiger partial charge in [0.1, 0.15) is 24.1 Å². The average Bonchev–Trinajstić information content (AvgIpc) is 2.94. The van der Waals surface area contributed by atoms with Crippen molar-refractivity contribution in [2.24, 2.45) is 0 Å². The minimum Gasteiger partial charge on any atom is -0.497 e. The van der Waals surface area contributed by atoms with Gasteiger partial charge in [0.15, 0.2) is 0 Å². The second kappa shape index (κ2) is 13.3. The van der Waals surface area contributed by atoms with Crippen molar-refractivity contribution in [2.45, 2.75) is 51.2 Å². The summed E-state index contributed by atoms with van der Waals surface area (Å²) in [7, 11) is -1.06. The van der Waals surface area contributed by atoms with Crippen molar-refractivity contribution < 1.29 is 27.5 Å². The van der Waals surface area contributed by atoms with Crippen LogP contribution in [0.1, 0.15) is 31.9 Å². The van der Waals surface area contributed by atoms with Crippen LogP contribution in [0.3, 0.4) is 0 Å². The first-order valence-corrected chi connectivity index (χ1v) is 14.4. The molecular weight excluding hydrogens is 530 g/mol. The lowest BCUT2D eigenvalue weighted by atomic mass is 10.1. The highest BCUT2D eigenvalue weighted by Crippen LogP contribution is 2.27. The van der Waals surface area contributed by atoms with Crippen LogP contribution < -0.4 is 19.1 Å². The minimum absolute atomic E-state index is 0.0500. The molecule has 0 heterocycles. The standard InChI is InChI=1S/C30H37N3O6S/c1-21(2)31-30(35)23(4)32(19-24-9-13-26(38-5)14-10-24)29(34)20-33(25-11-15-27(39-6)16-12-25)40(36,37)28-17-7-22(3)8-18-28/h7-18,21,23H,19-20H2,1-6H3,(H,31,35)/t23-/m0/s1. The number of rotatable bonds is 12. The van der Waals surface area contributed by atoms with Crippen LogP contribution in [0.25, 0.3) is 0 Å². The summed E-state index contributed by atoms with van der Waals surface area (Å²) in [5.74, 6) is 0.327. The second-order valence-electron chi connectivity index (χ2n) is 9.73. The van der Waals surface area contributed by atoms with Crippen molar-refractivity contribution in [1.82, 2.24) is 10.2 Å². The van der Waals surface area contributed by atoms with Crippen LogP contribution in [0.2, 0.25) is 0 Å². The predicted molar refractivity (Wildman–Crippen MR) is 155 cm³/mol. The fourth-order valence-electron chi connectivity index (χ4n) is 4.03. The van der Waals surface area contributed by atoms with Crippen LogP contribution in [0, 0.1) is 6.92 Å². The van der Waals surface area contributed by atoms with E-state index < -0.39 is 28.5 Å². The number of ether oxygens (including phenoxy) is 2. The van der Waals surface area contributed by atoms with Gasteiger partial charge >= 0.3 is 0 Å². The van der Waals surface area contributed by atoms with Crippen LogP contribution in [-0.2, 0) is 26.2 Å². The first kappa shape index (κ1) is 30.5. The molecule has 1 N–H and O–H groups in total. The molecule has 0 aliphatic carbocycles. The number of hydrogen-bond donors (Lipinski definition) is 1. The highest BCUT2D eigenvalue weighted by Gasteiger charge is 2.32. The molecule has 3 rings (SSSR count). The molecule has 0 aromatic heterocycles. The maximum absolute atomic E-state index is 13.9. The number of anilines is 1. The third-order valence-corrected chi connectivity index (χ3v) is 8.15. The summed E-state index contributed by atoms with van der Waals surface area (Å²) in [6.07, 6.45) is 0. The van der Waals surface area contributed by atoms with E-state index in [0.29, 0.717) is 17.2 Å². The molecule has 2 amide bonds. The van der Waals surface area contributed by atoms with Gasteiger partial charge in [0, 0.05) is 12.6 Å². The van der Waals surface area contributed by atoms with Gasteiger partial charge in [-0.2, -0.15) is 0 Å². The number of aryl methyl sites for hydroxylation is 1. The summed E-state index contributed by atoms with van der Waals surface area (Å²) in [5.41, 5.74) is 1.95. The third kappa shape index (κ3) is 7.53. The number of amides is 2. The Balaban J connectivity index is 2.02. The molecule has 0 radical (unpaired) electrons. The van der Waals surface area contributed by atoms with E-state index in [2.05, 4.69) is 5.32 Å². The molecule has 9 nitrogen and oxygen atoms in total. The summed E-state index contributed by atoms with van der Waals surface area (Å²) >= 11 is 0. The van der Waals surface area contributed by atoms with E-state index in [4.69, 9.17) is 9.47 Å². The molecule has 3 aromatic rings. The van der Waals surface area contributed by atoms with Gasteiger partial charge in [0.2, 0.25) is 11.8 Å². The maximum atomic E-state index is 13.9. The highest BCUT2D eigenvalue weighted by atomic mass is 32.2. The first-order valence-electron chi connectivity index (χ1n) is 12.9. The van der Waals surface area contributed by atoms with Crippen molar-refractivity contribution in [2.75, 3.05) is 25.1 Å². The van der Waals surface area contributed by atoms with E-state index in [0.717, 1.165) is 15.4 Å². The molecule has 0 spiro atoms. The molecule has 0 saturated carbocycles. The molecule has 0 fully saturated rings. The van der Waals surface area contributed by atoms with E-state index in [-0.39, 0.29) is 23.4 Å². The van der Waals surface area contributed by atoms with Crippen molar-refractivity contribution in [3.8, 4) is 11.5 Å². The third-order valence-electron chi connectivity index (χ3n) is 6.36. The van der Waals surface area contributed by atoms with Gasteiger partial charge in [-0.25, -0.2) is 8.42 Å². The fourth-order valence-corrected chi connectivity index (χ4v) is 5.44. The van der Waals surface area contributed by atoms with Crippen molar-refractivity contribution in [1.29, 1.82) is 0 Å². The fraction of sp³-hybridized carbons (Fsp3) is 0.333. The van der Waals surface area contributed by atoms with Gasteiger partial charge in [0.05, 0.1) is 24.8 Å². The Kier molecular flexibility index (Phi) is 10.2. The van der Waals surface area contributed by atoms with Crippen molar-refractivity contribution >= 4 is 27.5 Å². The zero-order valence-corrected chi connectivity index (χ0v) is 24.6. The summed E-state index contributed by atoms with van der Waals surface area (Å²) in [6, 6.07) is 19.0. The predicted octanol–water partition coefficient (Wildman–Crippen LogP) is 4.15. The van der Waals surface area contributed by atoms with Crippen LogP contribution in [-0.4, -0.2) is 58.0 Å². The first-order chi connectivity index (χ1) is 19.0. The lowest BCUT2D eigenvalue weighted by Gasteiger charge is -2.32. The smallest absolute Gasteiger partial charge is 0.264 e. The largest absolute Gasteiger partial charge is 0.497 e. The van der Waals surface area contributed by atoms with E-state index in [1.54, 1.807) is 74.7 Å². The summed E-state index contributed by atoms with van der Waals surface area (Å²) in [5, 5.41) is 2.84. The Morgan fingerprint density at radius 1 is 0.825 bits per heavy atom. The zero-order valence-electron chi connectivity index (χ0n) is 23.7. The monoisotopic (exact) mass is 567 g/mol. The molecule has 214 valence electrons. The van der Waals surface area contributed by atoms with Gasteiger partial charge < -0.3 is 19.7 Å². The van der Waals surface area contributed by atoms with Gasteiger partial charge in [-0.3, -0.25) is 13.9 Å². The van der Waals surface area contributed by atoms with Crippen molar-refractivity contribution in [3.05, 3.63) is 83.9 Å². The normalized spacial score (nSPS) is 12.0. The second-order valence-corrected chi connectivity index (χ2v) is 11.6. The van der Waals surface area contributed by atoms with Crippen molar-refractivity contribution in [3.63, 3.8) is 0 Å². The molecule has 3 aromatic carbocycles.